The largest absolute Gasteiger partial charge is 0.396 e. The summed E-state index contributed by atoms with van der Waals surface area (Å²) in [5.74, 6) is 6.26. The second-order valence-electron chi connectivity index (χ2n) is 4.73. The first-order valence-electron chi connectivity index (χ1n) is 5.37. The van der Waals surface area contributed by atoms with E-state index in [1.54, 1.807) is 0 Å². The van der Waals surface area contributed by atoms with Gasteiger partial charge in [-0.15, -0.1) is 0 Å². The lowest BCUT2D eigenvalue weighted by atomic mass is 9.68. The Morgan fingerprint density at radius 1 is 1.31 bits per heavy atom. The van der Waals surface area contributed by atoms with Gasteiger partial charge in [0.05, 0.1) is 0 Å². The Labute approximate surface area is 79.9 Å². The second kappa shape index (κ2) is 3.56. The van der Waals surface area contributed by atoms with Crippen LogP contribution in [0.5, 0.6) is 0 Å². The highest BCUT2D eigenvalue weighted by Crippen LogP contribution is 2.46. The average Bonchev–Trinajstić information content (AvgIpc) is 2.43. The minimum Gasteiger partial charge on any atom is -0.396 e. The van der Waals surface area contributed by atoms with Gasteiger partial charge in [-0.05, 0) is 18.3 Å². The first-order valence-corrected chi connectivity index (χ1v) is 5.37. The van der Waals surface area contributed by atoms with Crippen LogP contribution in [0.1, 0.15) is 32.1 Å². The number of hydrazine groups is 1. The van der Waals surface area contributed by atoms with Gasteiger partial charge >= 0.3 is 0 Å². The lowest BCUT2D eigenvalue weighted by Crippen LogP contribution is -2.35. The van der Waals surface area contributed by atoms with Gasteiger partial charge in [-0.1, -0.05) is 19.3 Å². The highest BCUT2D eigenvalue weighted by molar-refractivity contribution is 4.96. The third-order valence-corrected chi connectivity index (χ3v) is 3.91. The molecular weight excluding hydrogens is 164 g/mol. The summed E-state index contributed by atoms with van der Waals surface area (Å²) in [7, 11) is 0. The third-order valence-electron chi connectivity index (χ3n) is 3.91. The van der Waals surface area contributed by atoms with Crippen LogP contribution in [0, 0.1) is 11.3 Å². The fraction of sp³-hybridized carbons (Fsp3) is 1.00. The molecular formula is C10H20N2O. The summed E-state index contributed by atoms with van der Waals surface area (Å²) in [6, 6.07) is 0. The SMILES string of the molecule is NN1C[C@@H](CO)C2(CCCCC2)C1. The number of nitrogens with zero attached hydrogens (tertiary/aromatic N) is 1. The van der Waals surface area contributed by atoms with Crippen molar-refractivity contribution in [3.63, 3.8) is 0 Å². The summed E-state index contributed by atoms with van der Waals surface area (Å²) in [6.07, 6.45) is 6.55. The quantitative estimate of drug-likeness (QED) is 0.591. The lowest BCUT2D eigenvalue weighted by Gasteiger charge is -2.37. The zero-order valence-electron chi connectivity index (χ0n) is 8.21. The molecule has 0 amide bonds. The van der Waals surface area contributed by atoms with E-state index in [1.165, 1.54) is 32.1 Å². The first kappa shape index (κ1) is 9.44. The summed E-state index contributed by atoms with van der Waals surface area (Å²) in [4.78, 5) is 0. The molecule has 1 saturated carbocycles. The molecule has 1 aliphatic heterocycles. The summed E-state index contributed by atoms with van der Waals surface area (Å²) in [6.45, 7) is 2.20. The Morgan fingerprint density at radius 2 is 2.00 bits per heavy atom. The van der Waals surface area contributed by atoms with Crippen LogP contribution in [0.25, 0.3) is 0 Å². The normalized spacial score (nSPS) is 34.2. The van der Waals surface area contributed by atoms with Crippen LogP contribution >= 0.6 is 0 Å². The average molecular weight is 184 g/mol. The van der Waals surface area contributed by atoms with E-state index in [2.05, 4.69) is 0 Å². The maximum atomic E-state index is 9.32. The summed E-state index contributed by atoms with van der Waals surface area (Å²) < 4.78 is 0. The zero-order valence-corrected chi connectivity index (χ0v) is 8.21. The van der Waals surface area contributed by atoms with E-state index in [4.69, 9.17) is 5.84 Å². The molecule has 3 N–H and O–H groups in total. The smallest absolute Gasteiger partial charge is 0.0477 e. The van der Waals surface area contributed by atoms with Crippen molar-refractivity contribution >= 4 is 0 Å². The van der Waals surface area contributed by atoms with Gasteiger partial charge in [0.15, 0.2) is 0 Å². The molecule has 0 radical (unpaired) electrons. The number of hydrogen-bond donors (Lipinski definition) is 2. The maximum Gasteiger partial charge on any atom is 0.0477 e. The standard InChI is InChI=1S/C10H20N2O/c11-12-6-9(7-13)10(8-12)4-2-1-3-5-10/h9,13H,1-8,11H2/t9-/m0/s1. The maximum absolute atomic E-state index is 9.32. The molecule has 2 aliphatic rings. The third kappa shape index (κ3) is 1.60. The fourth-order valence-electron chi connectivity index (χ4n) is 3.15. The zero-order chi connectivity index (χ0) is 9.31. The van der Waals surface area contributed by atoms with Crippen molar-refractivity contribution in [2.45, 2.75) is 32.1 Å². The number of nitrogens with two attached hydrogens (primary N) is 1. The van der Waals surface area contributed by atoms with Gasteiger partial charge in [0.1, 0.15) is 0 Å². The van der Waals surface area contributed by atoms with E-state index < -0.39 is 0 Å². The monoisotopic (exact) mass is 184 g/mol. The Bertz CT molecular complexity index is 178. The number of aliphatic hydroxyl groups excluding tert-OH is 1. The number of hydrogen-bond acceptors (Lipinski definition) is 3. The van der Waals surface area contributed by atoms with Crippen molar-refractivity contribution in [2.24, 2.45) is 17.2 Å². The molecule has 1 heterocycles. The number of rotatable bonds is 1. The van der Waals surface area contributed by atoms with Crippen LogP contribution in [-0.4, -0.2) is 29.8 Å². The Balaban J connectivity index is 2.09. The van der Waals surface area contributed by atoms with E-state index in [0.717, 1.165) is 13.1 Å². The van der Waals surface area contributed by atoms with Crippen LogP contribution in [0.15, 0.2) is 0 Å². The highest BCUT2D eigenvalue weighted by atomic mass is 16.3. The summed E-state index contributed by atoms with van der Waals surface area (Å²) in [5, 5.41) is 11.2. The predicted molar refractivity (Wildman–Crippen MR) is 51.9 cm³/mol. The van der Waals surface area contributed by atoms with Crippen molar-refractivity contribution < 1.29 is 5.11 Å². The lowest BCUT2D eigenvalue weighted by molar-refractivity contribution is 0.0916. The number of aliphatic hydroxyl groups is 1. The molecule has 2 fully saturated rings. The van der Waals surface area contributed by atoms with Crippen LogP contribution in [-0.2, 0) is 0 Å². The van der Waals surface area contributed by atoms with Crippen molar-refractivity contribution in [2.75, 3.05) is 19.7 Å². The van der Waals surface area contributed by atoms with Gasteiger partial charge < -0.3 is 5.11 Å². The molecule has 1 saturated heterocycles. The summed E-state index contributed by atoms with van der Waals surface area (Å²) in [5.41, 5.74) is 0.363. The van der Waals surface area contributed by atoms with Gasteiger partial charge in [-0.2, -0.15) is 0 Å². The molecule has 0 unspecified atom stereocenters. The molecule has 13 heavy (non-hydrogen) atoms. The van der Waals surface area contributed by atoms with Gasteiger partial charge in [0.25, 0.3) is 0 Å². The van der Waals surface area contributed by atoms with Crippen molar-refractivity contribution in [3.8, 4) is 0 Å². The van der Waals surface area contributed by atoms with Gasteiger partial charge in [-0.25, -0.2) is 5.01 Å². The van der Waals surface area contributed by atoms with Crippen molar-refractivity contribution in [3.05, 3.63) is 0 Å². The van der Waals surface area contributed by atoms with Gasteiger partial charge in [-0.3, -0.25) is 5.84 Å². The molecule has 1 aliphatic carbocycles. The van der Waals surface area contributed by atoms with E-state index in [0.29, 0.717) is 17.9 Å². The van der Waals surface area contributed by atoms with Crippen molar-refractivity contribution in [1.82, 2.24) is 5.01 Å². The minimum atomic E-state index is 0.313. The fourth-order valence-corrected chi connectivity index (χ4v) is 3.15. The van der Waals surface area contributed by atoms with Gasteiger partial charge in [0.2, 0.25) is 0 Å². The van der Waals surface area contributed by atoms with Crippen LogP contribution in [0.2, 0.25) is 0 Å². The molecule has 3 heteroatoms. The van der Waals surface area contributed by atoms with Crippen LogP contribution in [0.3, 0.4) is 0 Å². The van der Waals surface area contributed by atoms with E-state index in [1.807, 2.05) is 5.01 Å². The molecule has 1 spiro atoms. The molecule has 2 rings (SSSR count). The van der Waals surface area contributed by atoms with E-state index in [9.17, 15) is 5.11 Å². The second-order valence-corrected chi connectivity index (χ2v) is 4.73. The molecule has 0 aromatic heterocycles. The summed E-state index contributed by atoms with van der Waals surface area (Å²) >= 11 is 0. The molecule has 0 aromatic carbocycles. The molecule has 3 nitrogen and oxygen atoms in total. The van der Waals surface area contributed by atoms with Gasteiger partial charge in [0, 0.05) is 25.6 Å². The van der Waals surface area contributed by atoms with Crippen LogP contribution < -0.4 is 5.84 Å². The molecule has 1 atom stereocenters. The molecule has 0 aromatic rings. The topological polar surface area (TPSA) is 49.5 Å². The Morgan fingerprint density at radius 3 is 2.62 bits per heavy atom. The van der Waals surface area contributed by atoms with Crippen LogP contribution in [0.4, 0.5) is 0 Å². The first-order chi connectivity index (χ1) is 6.27. The Hall–Kier alpha value is -0.120. The van der Waals surface area contributed by atoms with E-state index in [-0.39, 0.29) is 0 Å². The predicted octanol–water partition coefficient (Wildman–Crippen LogP) is 0.735. The molecule has 76 valence electrons. The Kier molecular flexibility index (Phi) is 2.58. The van der Waals surface area contributed by atoms with E-state index >= 15 is 0 Å². The van der Waals surface area contributed by atoms with Crippen molar-refractivity contribution in [1.29, 1.82) is 0 Å². The molecule has 0 bridgehead atoms. The highest BCUT2D eigenvalue weighted by Gasteiger charge is 2.45. The minimum absolute atomic E-state index is 0.313.